The van der Waals surface area contributed by atoms with Crippen molar-refractivity contribution in [3.8, 4) is 28.3 Å². The Bertz CT molecular complexity index is 1230. The molecule has 0 saturated heterocycles. The van der Waals surface area contributed by atoms with Crippen molar-refractivity contribution < 1.29 is 22.1 Å². The van der Waals surface area contributed by atoms with Gasteiger partial charge in [-0.25, -0.2) is 9.07 Å². The summed E-state index contributed by atoms with van der Waals surface area (Å²) in [5, 5.41) is 7.72. The second-order valence-electron chi connectivity index (χ2n) is 6.49. The van der Waals surface area contributed by atoms with Gasteiger partial charge >= 0.3 is 6.18 Å². The van der Waals surface area contributed by atoms with Crippen molar-refractivity contribution in [2.75, 3.05) is 5.73 Å². The van der Waals surface area contributed by atoms with Crippen molar-refractivity contribution in [1.29, 1.82) is 0 Å². The van der Waals surface area contributed by atoms with Gasteiger partial charge in [0, 0.05) is 11.3 Å². The van der Waals surface area contributed by atoms with Crippen LogP contribution in [-0.4, -0.2) is 14.9 Å². The first-order chi connectivity index (χ1) is 14.2. The van der Waals surface area contributed by atoms with Crippen molar-refractivity contribution in [2.24, 2.45) is 0 Å². The number of nitrogens with zero attached hydrogens (tertiary/aromatic N) is 3. The van der Waals surface area contributed by atoms with Crippen LogP contribution in [0.1, 0.15) is 11.3 Å². The number of aromatic nitrogens is 3. The minimum Gasteiger partial charge on any atom is -0.399 e. The molecule has 2 aromatic carbocycles. The van der Waals surface area contributed by atoms with Crippen molar-refractivity contribution in [2.45, 2.75) is 13.1 Å². The van der Waals surface area contributed by atoms with E-state index in [9.17, 15) is 17.6 Å². The minimum atomic E-state index is -4.77. The summed E-state index contributed by atoms with van der Waals surface area (Å²) in [5.74, 6) is -0.858. The van der Waals surface area contributed by atoms with E-state index in [2.05, 4.69) is 10.3 Å². The average molecular weight is 437 g/mol. The molecule has 2 aromatic heterocycles. The summed E-state index contributed by atoms with van der Waals surface area (Å²) in [5.41, 5.74) is 4.85. The minimum absolute atomic E-state index is 0.0120. The molecule has 5 nitrogen and oxygen atoms in total. The Balaban J connectivity index is 1.92. The Morgan fingerprint density at radius 3 is 2.53 bits per heavy atom. The molecule has 0 saturated carbocycles. The van der Waals surface area contributed by atoms with E-state index in [1.165, 1.54) is 43.3 Å². The van der Waals surface area contributed by atoms with E-state index < -0.39 is 17.7 Å². The van der Waals surface area contributed by atoms with Gasteiger partial charge in [0.2, 0.25) is 0 Å². The van der Waals surface area contributed by atoms with Crippen LogP contribution in [0.5, 0.6) is 0 Å². The zero-order valence-electron chi connectivity index (χ0n) is 15.3. The van der Waals surface area contributed by atoms with Crippen molar-refractivity contribution in [1.82, 2.24) is 14.9 Å². The maximum absolute atomic E-state index is 14.3. The van der Waals surface area contributed by atoms with Gasteiger partial charge in [0.15, 0.2) is 11.5 Å². The van der Waals surface area contributed by atoms with Gasteiger partial charge in [0.1, 0.15) is 11.5 Å². The van der Waals surface area contributed by atoms with Gasteiger partial charge in [0.25, 0.3) is 0 Å². The van der Waals surface area contributed by atoms with Crippen LogP contribution >= 0.6 is 11.6 Å². The van der Waals surface area contributed by atoms with Gasteiger partial charge in [-0.1, -0.05) is 28.9 Å². The molecule has 30 heavy (non-hydrogen) atoms. The van der Waals surface area contributed by atoms with E-state index in [4.69, 9.17) is 21.9 Å². The molecule has 4 aromatic rings. The summed E-state index contributed by atoms with van der Waals surface area (Å²) in [6.45, 7) is 1.47. The molecule has 0 bridgehead atoms. The number of hydrogen-bond donors (Lipinski definition) is 1. The number of alkyl halides is 3. The van der Waals surface area contributed by atoms with Crippen LogP contribution < -0.4 is 5.73 Å². The molecule has 0 unspecified atom stereocenters. The molecule has 0 fully saturated rings. The molecule has 0 amide bonds. The number of rotatable bonds is 3. The fourth-order valence-corrected chi connectivity index (χ4v) is 3.44. The number of benzene rings is 2. The van der Waals surface area contributed by atoms with Crippen molar-refractivity contribution in [3.63, 3.8) is 0 Å². The van der Waals surface area contributed by atoms with E-state index in [0.29, 0.717) is 0 Å². The first-order valence-electron chi connectivity index (χ1n) is 8.60. The second-order valence-corrected chi connectivity index (χ2v) is 6.90. The largest absolute Gasteiger partial charge is 0.434 e. The molecule has 0 aliphatic carbocycles. The lowest BCUT2D eigenvalue weighted by molar-refractivity contribution is -0.142. The fourth-order valence-electron chi connectivity index (χ4n) is 3.18. The molecule has 0 atom stereocenters. The fraction of sp³-hybridized carbons (Fsp3) is 0.100. The van der Waals surface area contributed by atoms with Crippen molar-refractivity contribution in [3.05, 3.63) is 70.8 Å². The molecule has 154 valence electrons. The molecule has 0 aliphatic rings. The number of nitrogens with two attached hydrogens (primary N) is 1. The van der Waals surface area contributed by atoms with Crippen LogP contribution in [0.4, 0.5) is 23.2 Å². The number of hydrogen-bond acceptors (Lipinski definition) is 4. The van der Waals surface area contributed by atoms with Crippen LogP contribution in [0.2, 0.25) is 5.02 Å². The second kappa shape index (κ2) is 7.17. The summed E-state index contributed by atoms with van der Waals surface area (Å²) in [6.07, 6.45) is -3.75. The molecule has 0 spiro atoms. The smallest absolute Gasteiger partial charge is 0.399 e. The zero-order valence-corrected chi connectivity index (χ0v) is 16.1. The highest BCUT2D eigenvalue weighted by Crippen LogP contribution is 2.42. The third kappa shape index (κ3) is 3.30. The van der Waals surface area contributed by atoms with E-state index >= 15 is 0 Å². The lowest BCUT2D eigenvalue weighted by atomic mass is 10.0. The van der Waals surface area contributed by atoms with Crippen LogP contribution in [0.3, 0.4) is 0 Å². The van der Waals surface area contributed by atoms with Gasteiger partial charge < -0.3 is 10.3 Å². The highest BCUT2D eigenvalue weighted by atomic mass is 35.5. The van der Waals surface area contributed by atoms with Crippen LogP contribution in [0, 0.1) is 12.7 Å². The summed E-state index contributed by atoms with van der Waals surface area (Å²) >= 11 is 6.06. The molecule has 10 heteroatoms. The Morgan fingerprint density at radius 2 is 1.87 bits per heavy atom. The Labute approximate surface area is 172 Å². The quantitative estimate of drug-likeness (QED) is 0.321. The van der Waals surface area contributed by atoms with E-state index in [0.717, 1.165) is 10.9 Å². The van der Waals surface area contributed by atoms with E-state index in [1.54, 1.807) is 6.07 Å². The van der Waals surface area contributed by atoms with Crippen LogP contribution in [-0.2, 0) is 6.18 Å². The number of anilines is 1. The van der Waals surface area contributed by atoms with Crippen LogP contribution in [0.15, 0.2) is 53.2 Å². The number of nitrogen functional groups attached to an aromatic ring is 1. The van der Waals surface area contributed by atoms with Gasteiger partial charge in [0.05, 0.1) is 28.0 Å². The Hall–Kier alpha value is -3.33. The molecule has 0 radical (unpaired) electrons. The predicted octanol–water partition coefficient (Wildman–Crippen LogP) is 5.90. The normalized spacial score (nSPS) is 11.8. The summed E-state index contributed by atoms with van der Waals surface area (Å²) in [6, 6.07) is 9.91. The maximum atomic E-state index is 14.3. The highest BCUT2D eigenvalue weighted by Gasteiger charge is 2.40. The topological polar surface area (TPSA) is 69.9 Å². The van der Waals surface area contributed by atoms with E-state index in [-0.39, 0.29) is 44.5 Å². The van der Waals surface area contributed by atoms with E-state index in [1.807, 2.05) is 0 Å². The monoisotopic (exact) mass is 436 g/mol. The predicted molar refractivity (Wildman–Crippen MR) is 104 cm³/mol. The third-order valence-electron chi connectivity index (χ3n) is 4.52. The summed E-state index contributed by atoms with van der Waals surface area (Å²) < 4.78 is 62.1. The van der Waals surface area contributed by atoms with Gasteiger partial charge in [-0.2, -0.15) is 18.3 Å². The first kappa shape index (κ1) is 20.0. The Morgan fingerprint density at radius 1 is 1.13 bits per heavy atom. The Kier molecular flexibility index (Phi) is 4.77. The maximum Gasteiger partial charge on any atom is 0.434 e. The molecule has 4 rings (SSSR count). The van der Waals surface area contributed by atoms with Crippen LogP contribution in [0.25, 0.3) is 28.3 Å². The first-order valence-corrected chi connectivity index (χ1v) is 8.98. The summed E-state index contributed by atoms with van der Waals surface area (Å²) in [7, 11) is 0. The highest BCUT2D eigenvalue weighted by molar-refractivity contribution is 6.33. The van der Waals surface area contributed by atoms with Gasteiger partial charge in [-0.05, 0) is 37.3 Å². The average Bonchev–Trinajstić information content (AvgIpc) is 3.26. The van der Waals surface area contributed by atoms with Gasteiger partial charge in [-0.15, -0.1) is 0 Å². The lowest BCUT2D eigenvalue weighted by Gasteiger charge is -2.12. The third-order valence-corrected chi connectivity index (χ3v) is 4.84. The SMILES string of the molecule is Cc1c(-c2c(F)cccc2Cl)noc1-c1cnn(-c2cccc(N)c2)c1C(F)(F)F. The van der Waals surface area contributed by atoms with Crippen molar-refractivity contribution >= 4 is 17.3 Å². The summed E-state index contributed by atoms with van der Waals surface area (Å²) in [4.78, 5) is 0. The number of halogens is 5. The van der Waals surface area contributed by atoms with Gasteiger partial charge in [-0.3, -0.25) is 0 Å². The lowest BCUT2D eigenvalue weighted by Crippen LogP contribution is -2.14. The molecule has 2 N–H and O–H groups in total. The molecule has 2 heterocycles. The molecular weight excluding hydrogens is 424 g/mol. The molecular formula is C20H13ClF4N4O. The zero-order chi connectivity index (χ0) is 21.6. The standard InChI is InChI=1S/C20H13ClF4N4O/c1-10-17(16-14(21)6-3-7-15(16)22)28-30-18(10)13-9-27-29(19(13)20(23,24)25)12-5-2-4-11(26)8-12/h2-9H,26H2,1H3. The molecule has 0 aliphatic heterocycles.